The summed E-state index contributed by atoms with van der Waals surface area (Å²) in [5.74, 6) is 0.874. The van der Waals surface area contributed by atoms with Gasteiger partial charge in [0.1, 0.15) is 17.5 Å². The van der Waals surface area contributed by atoms with Gasteiger partial charge < -0.3 is 4.74 Å². The fourth-order valence-corrected chi connectivity index (χ4v) is 2.77. The van der Waals surface area contributed by atoms with Crippen LogP contribution < -0.4 is 4.74 Å². The standard InChI is InChI=1S/C17H20N2O2/c1-12(2)19-8-7-16(10-19)21-15-5-6-17-13(9-15)3-4-14(11-20)18-17/h3-6,9,11-12,16H,7-8,10H2,1-2H3. The van der Waals surface area contributed by atoms with Gasteiger partial charge >= 0.3 is 0 Å². The van der Waals surface area contributed by atoms with Crippen molar-refractivity contribution in [1.82, 2.24) is 9.88 Å². The summed E-state index contributed by atoms with van der Waals surface area (Å²) >= 11 is 0. The average molecular weight is 284 g/mol. The first-order valence-corrected chi connectivity index (χ1v) is 7.42. The van der Waals surface area contributed by atoms with Crippen molar-refractivity contribution in [3.8, 4) is 5.75 Å². The Morgan fingerprint density at radius 2 is 2.19 bits per heavy atom. The maximum atomic E-state index is 10.7. The molecule has 0 radical (unpaired) electrons. The molecule has 2 heterocycles. The molecule has 1 saturated heterocycles. The fraction of sp³-hybridized carbons (Fsp3) is 0.412. The third-order valence-corrected chi connectivity index (χ3v) is 4.01. The van der Waals surface area contributed by atoms with Gasteiger partial charge in [-0.3, -0.25) is 9.69 Å². The van der Waals surface area contributed by atoms with E-state index in [0.717, 1.165) is 42.4 Å². The number of hydrogen-bond donors (Lipinski definition) is 0. The van der Waals surface area contributed by atoms with E-state index < -0.39 is 0 Å². The Bertz CT molecular complexity index is 654. The zero-order chi connectivity index (χ0) is 14.8. The Morgan fingerprint density at radius 3 is 2.90 bits per heavy atom. The first kappa shape index (κ1) is 14.0. The van der Waals surface area contributed by atoms with Crippen LogP contribution in [0.5, 0.6) is 5.75 Å². The van der Waals surface area contributed by atoms with Gasteiger partial charge in [-0.15, -0.1) is 0 Å². The minimum Gasteiger partial charge on any atom is -0.489 e. The van der Waals surface area contributed by atoms with Crippen LogP contribution in [0.4, 0.5) is 0 Å². The number of carbonyl (C=O) groups excluding carboxylic acids is 1. The second-order valence-electron chi connectivity index (χ2n) is 5.83. The molecule has 0 spiro atoms. The SMILES string of the molecule is CC(C)N1CCC(Oc2ccc3nc(C=O)ccc3c2)C1. The minimum absolute atomic E-state index is 0.257. The summed E-state index contributed by atoms with van der Waals surface area (Å²) in [5, 5.41) is 0.997. The van der Waals surface area contributed by atoms with Crippen LogP contribution in [0.15, 0.2) is 30.3 Å². The predicted molar refractivity (Wildman–Crippen MR) is 82.9 cm³/mol. The van der Waals surface area contributed by atoms with E-state index in [9.17, 15) is 4.79 Å². The Labute approximate surface area is 124 Å². The molecule has 4 nitrogen and oxygen atoms in total. The van der Waals surface area contributed by atoms with E-state index in [1.165, 1.54) is 0 Å². The Hall–Kier alpha value is -1.94. The number of fused-ring (bicyclic) bond motifs is 1. The third kappa shape index (κ3) is 3.05. The molecule has 4 heteroatoms. The van der Waals surface area contributed by atoms with Crippen LogP contribution in [0, 0.1) is 0 Å². The molecule has 0 bridgehead atoms. The van der Waals surface area contributed by atoms with Crippen LogP contribution in [0.1, 0.15) is 30.8 Å². The number of aromatic nitrogens is 1. The summed E-state index contributed by atoms with van der Waals surface area (Å²) in [6, 6.07) is 10.0. The summed E-state index contributed by atoms with van der Waals surface area (Å²) in [6.07, 6.45) is 2.09. The maximum Gasteiger partial charge on any atom is 0.168 e. The Morgan fingerprint density at radius 1 is 1.33 bits per heavy atom. The van der Waals surface area contributed by atoms with E-state index in [4.69, 9.17) is 4.74 Å². The van der Waals surface area contributed by atoms with Crippen LogP contribution in [-0.2, 0) is 0 Å². The zero-order valence-corrected chi connectivity index (χ0v) is 12.5. The van der Waals surface area contributed by atoms with Gasteiger partial charge in [0.25, 0.3) is 0 Å². The number of rotatable bonds is 4. The smallest absolute Gasteiger partial charge is 0.168 e. The topological polar surface area (TPSA) is 42.4 Å². The highest BCUT2D eigenvalue weighted by molar-refractivity contribution is 5.84. The van der Waals surface area contributed by atoms with Gasteiger partial charge in [0.15, 0.2) is 6.29 Å². The number of nitrogens with zero attached hydrogens (tertiary/aromatic N) is 2. The number of carbonyl (C=O) groups is 1. The van der Waals surface area contributed by atoms with Crippen molar-refractivity contribution < 1.29 is 9.53 Å². The summed E-state index contributed by atoms with van der Waals surface area (Å²) in [5.41, 5.74) is 1.28. The van der Waals surface area contributed by atoms with Gasteiger partial charge in [-0.1, -0.05) is 6.07 Å². The van der Waals surface area contributed by atoms with Gasteiger partial charge in [0.2, 0.25) is 0 Å². The Balaban J connectivity index is 1.74. The lowest BCUT2D eigenvalue weighted by atomic mass is 10.2. The monoisotopic (exact) mass is 284 g/mol. The molecule has 1 aromatic heterocycles. The number of hydrogen-bond acceptors (Lipinski definition) is 4. The van der Waals surface area contributed by atoms with Gasteiger partial charge in [-0.2, -0.15) is 0 Å². The molecule has 3 rings (SSSR count). The molecule has 1 aliphatic heterocycles. The van der Waals surface area contributed by atoms with Gasteiger partial charge in [-0.25, -0.2) is 4.98 Å². The maximum absolute atomic E-state index is 10.7. The lowest BCUT2D eigenvalue weighted by Crippen LogP contribution is -2.30. The van der Waals surface area contributed by atoms with E-state index in [0.29, 0.717) is 11.7 Å². The highest BCUT2D eigenvalue weighted by Crippen LogP contribution is 2.23. The highest BCUT2D eigenvalue weighted by atomic mass is 16.5. The van der Waals surface area contributed by atoms with Crippen molar-refractivity contribution in [2.24, 2.45) is 0 Å². The first-order chi connectivity index (χ1) is 10.2. The number of ether oxygens (including phenoxy) is 1. The molecule has 0 N–H and O–H groups in total. The second kappa shape index (κ2) is 5.82. The quantitative estimate of drug-likeness (QED) is 0.810. The van der Waals surface area contributed by atoms with Gasteiger partial charge in [0, 0.05) is 24.5 Å². The van der Waals surface area contributed by atoms with E-state index >= 15 is 0 Å². The van der Waals surface area contributed by atoms with Crippen molar-refractivity contribution in [3.05, 3.63) is 36.0 Å². The van der Waals surface area contributed by atoms with Crippen molar-refractivity contribution >= 4 is 17.2 Å². The van der Waals surface area contributed by atoms with Crippen LogP contribution >= 0.6 is 0 Å². The van der Waals surface area contributed by atoms with Gasteiger partial charge in [0.05, 0.1) is 5.52 Å². The predicted octanol–water partition coefficient (Wildman–Crippen LogP) is 2.91. The summed E-state index contributed by atoms with van der Waals surface area (Å²) in [6.45, 7) is 6.52. The summed E-state index contributed by atoms with van der Waals surface area (Å²) in [7, 11) is 0. The van der Waals surface area contributed by atoms with Crippen LogP contribution in [-0.4, -0.2) is 41.4 Å². The lowest BCUT2D eigenvalue weighted by molar-refractivity contribution is 0.111. The fourth-order valence-electron chi connectivity index (χ4n) is 2.77. The normalized spacial score (nSPS) is 19.3. The molecule has 2 aromatic rings. The van der Waals surface area contributed by atoms with Crippen LogP contribution in [0.2, 0.25) is 0 Å². The molecule has 1 fully saturated rings. The molecule has 21 heavy (non-hydrogen) atoms. The van der Waals surface area contributed by atoms with E-state index in [-0.39, 0.29) is 6.10 Å². The molecular formula is C17H20N2O2. The van der Waals surface area contributed by atoms with Crippen molar-refractivity contribution in [3.63, 3.8) is 0 Å². The molecule has 110 valence electrons. The molecule has 0 saturated carbocycles. The Kier molecular flexibility index (Phi) is 3.88. The lowest BCUT2D eigenvalue weighted by Gasteiger charge is -2.20. The number of benzene rings is 1. The van der Waals surface area contributed by atoms with Crippen molar-refractivity contribution in [2.75, 3.05) is 13.1 Å². The number of aldehydes is 1. The van der Waals surface area contributed by atoms with Crippen molar-refractivity contribution in [1.29, 1.82) is 0 Å². The molecule has 1 unspecified atom stereocenters. The molecular weight excluding hydrogens is 264 g/mol. The molecule has 1 aliphatic rings. The molecule has 1 atom stereocenters. The summed E-state index contributed by atoms with van der Waals surface area (Å²) in [4.78, 5) is 17.4. The van der Waals surface area contributed by atoms with E-state index in [1.54, 1.807) is 6.07 Å². The number of likely N-dealkylation sites (tertiary alicyclic amines) is 1. The van der Waals surface area contributed by atoms with Crippen LogP contribution in [0.25, 0.3) is 10.9 Å². The molecule has 0 aliphatic carbocycles. The first-order valence-electron chi connectivity index (χ1n) is 7.42. The van der Waals surface area contributed by atoms with Crippen LogP contribution in [0.3, 0.4) is 0 Å². The zero-order valence-electron chi connectivity index (χ0n) is 12.5. The third-order valence-electron chi connectivity index (χ3n) is 4.01. The van der Waals surface area contributed by atoms with Crippen molar-refractivity contribution in [2.45, 2.75) is 32.4 Å². The molecule has 1 aromatic carbocycles. The highest BCUT2D eigenvalue weighted by Gasteiger charge is 2.25. The number of pyridine rings is 1. The van der Waals surface area contributed by atoms with Gasteiger partial charge in [-0.05, 0) is 44.5 Å². The molecule has 0 amide bonds. The largest absolute Gasteiger partial charge is 0.489 e. The minimum atomic E-state index is 0.257. The summed E-state index contributed by atoms with van der Waals surface area (Å²) < 4.78 is 6.08. The van der Waals surface area contributed by atoms with E-state index in [2.05, 4.69) is 23.7 Å². The second-order valence-corrected chi connectivity index (χ2v) is 5.83. The average Bonchev–Trinajstić information content (AvgIpc) is 2.95. The van der Waals surface area contributed by atoms with E-state index in [1.807, 2.05) is 24.3 Å².